The minimum atomic E-state index is -1.42. The van der Waals surface area contributed by atoms with E-state index >= 15 is 0 Å². The van der Waals surface area contributed by atoms with Crippen molar-refractivity contribution < 1.29 is 14.3 Å². The number of aromatic amines is 2. The average molecular weight is 357 g/mol. The Morgan fingerprint density at radius 2 is 2.00 bits per heavy atom. The Bertz CT molecular complexity index is 751. The summed E-state index contributed by atoms with van der Waals surface area (Å²) in [6.07, 6.45) is 0. The molecule has 0 radical (unpaired) electrons. The molecule has 1 aromatic carbocycles. The highest BCUT2D eigenvalue weighted by molar-refractivity contribution is 9.10. The molecule has 0 fully saturated rings. The van der Waals surface area contributed by atoms with Crippen molar-refractivity contribution >= 4 is 44.5 Å². The maximum Gasteiger partial charge on any atom is 0.332 e. The van der Waals surface area contributed by atoms with Crippen LogP contribution in [0.1, 0.15) is 6.92 Å². The van der Waals surface area contributed by atoms with Crippen LogP contribution in [-0.2, 0) is 14.3 Å². The molecule has 1 heterocycles. The van der Waals surface area contributed by atoms with Gasteiger partial charge in [-0.15, -0.1) is 0 Å². The summed E-state index contributed by atoms with van der Waals surface area (Å²) in [5.74, 6) is -1.51. The van der Waals surface area contributed by atoms with Gasteiger partial charge in [0.15, 0.2) is 6.04 Å². The fourth-order valence-corrected chi connectivity index (χ4v) is 2.14. The maximum atomic E-state index is 11.9. The van der Waals surface area contributed by atoms with Crippen LogP contribution in [0.5, 0.6) is 0 Å². The second kappa shape index (κ2) is 6.10. The number of amides is 1. The van der Waals surface area contributed by atoms with E-state index in [4.69, 9.17) is 5.73 Å². The SMILES string of the molecule is CCOC(=O)C(N)C(=O)Nc1cc2[nH]c(=O)[nH]c2cc1Br. The number of hydrogen-bond donors (Lipinski definition) is 4. The number of H-pyrrole nitrogens is 2. The van der Waals surface area contributed by atoms with E-state index in [1.54, 1.807) is 19.1 Å². The lowest BCUT2D eigenvalue weighted by Gasteiger charge is -2.12. The first-order valence-electron chi connectivity index (χ1n) is 6.07. The maximum absolute atomic E-state index is 11.9. The van der Waals surface area contributed by atoms with Crippen molar-refractivity contribution in [2.24, 2.45) is 5.73 Å². The molecule has 1 atom stereocenters. The highest BCUT2D eigenvalue weighted by Crippen LogP contribution is 2.26. The molecule has 9 heteroatoms. The average Bonchev–Trinajstić information content (AvgIpc) is 2.77. The molecule has 2 aromatic rings. The van der Waals surface area contributed by atoms with Crippen molar-refractivity contribution in [1.82, 2.24) is 9.97 Å². The first-order valence-corrected chi connectivity index (χ1v) is 6.86. The number of halogens is 1. The van der Waals surface area contributed by atoms with Gasteiger partial charge in [-0.3, -0.25) is 4.79 Å². The molecule has 8 nitrogen and oxygen atoms in total. The summed E-state index contributed by atoms with van der Waals surface area (Å²) in [5.41, 5.74) is 6.61. The highest BCUT2D eigenvalue weighted by Gasteiger charge is 2.24. The molecule has 0 aliphatic heterocycles. The van der Waals surface area contributed by atoms with E-state index in [9.17, 15) is 14.4 Å². The zero-order valence-corrected chi connectivity index (χ0v) is 12.6. The number of anilines is 1. The molecule has 5 N–H and O–H groups in total. The summed E-state index contributed by atoms with van der Waals surface area (Å²) in [4.78, 5) is 39.6. The number of ether oxygens (including phenoxy) is 1. The third-order valence-corrected chi connectivity index (χ3v) is 3.34. The van der Waals surface area contributed by atoms with Crippen LogP contribution in [0.15, 0.2) is 21.4 Å². The van der Waals surface area contributed by atoms with Gasteiger partial charge in [-0.2, -0.15) is 0 Å². The Labute approximate surface area is 127 Å². The molecular formula is C12H13BrN4O4. The van der Waals surface area contributed by atoms with E-state index in [2.05, 4.69) is 36.0 Å². The largest absolute Gasteiger partial charge is 0.464 e. The monoisotopic (exact) mass is 356 g/mol. The number of nitrogens with one attached hydrogen (secondary N) is 3. The van der Waals surface area contributed by atoms with Crippen molar-refractivity contribution in [1.29, 1.82) is 0 Å². The van der Waals surface area contributed by atoms with Crippen LogP contribution < -0.4 is 16.7 Å². The van der Waals surface area contributed by atoms with E-state index in [0.29, 0.717) is 21.2 Å². The summed E-state index contributed by atoms with van der Waals surface area (Å²) >= 11 is 3.26. The molecule has 1 unspecified atom stereocenters. The quantitative estimate of drug-likeness (QED) is 0.466. The second-order valence-corrected chi connectivity index (χ2v) is 5.03. The van der Waals surface area contributed by atoms with Crippen molar-refractivity contribution in [3.05, 3.63) is 27.1 Å². The van der Waals surface area contributed by atoms with Gasteiger partial charge in [0, 0.05) is 4.47 Å². The van der Waals surface area contributed by atoms with Gasteiger partial charge < -0.3 is 25.8 Å². The third kappa shape index (κ3) is 3.31. The van der Waals surface area contributed by atoms with Crippen LogP contribution in [-0.4, -0.2) is 34.5 Å². The van der Waals surface area contributed by atoms with Crippen molar-refractivity contribution in [2.45, 2.75) is 13.0 Å². The van der Waals surface area contributed by atoms with Crippen LogP contribution in [0.4, 0.5) is 5.69 Å². The molecule has 112 valence electrons. The van der Waals surface area contributed by atoms with Gasteiger partial charge in [0.1, 0.15) is 0 Å². The zero-order chi connectivity index (χ0) is 15.6. The number of esters is 1. The zero-order valence-electron chi connectivity index (χ0n) is 11.0. The van der Waals surface area contributed by atoms with Gasteiger partial charge in [0.05, 0.1) is 23.3 Å². The molecule has 0 saturated heterocycles. The molecule has 0 bridgehead atoms. The highest BCUT2D eigenvalue weighted by atomic mass is 79.9. The topological polar surface area (TPSA) is 130 Å². The lowest BCUT2D eigenvalue weighted by molar-refractivity contribution is -0.146. The van der Waals surface area contributed by atoms with Gasteiger partial charge in [-0.05, 0) is 35.0 Å². The number of aromatic nitrogens is 2. The minimum absolute atomic E-state index is 0.139. The van der Waals surface area contributed by atoms with Crippen LogP contribution in [0, 0.1) is 0 Å². The molecule has 1 aromatic heterocycles. The normalized spacial score (nSPS) is 12.1. The van der Waals surface area contributed by atoms with Crippen molar-refractivity contribution in [3.8, 4) is 0 Å². The summed E-state index contributed by atoms with van der Waals surface area (Å²) in [6, 6.07) is 1.75. The predicted molar refractivity (Wildman–Crippen MR) is 79.9 cm³/mol. The van der Waals surface area contributed by atoms with E-state index in [0.717, 1.165) is 0 Å². The van der Waals surface area contributed by atoms with Crippen molar-refractivity contribution in [3.63, 3.8) is 0 Å². The van der Waals surface area contributed by atoms with Crippen molar-refractivity contribution in [2.75, 3.05) is 11.9 Å². The Balaban J connectivity index is 2.22. The van der Waals surface area contributed by atoms with Crippen LogP contribution >= 0.6 is 15.9 Å². The molecule has 0 spiro atoms. The molecule has 0 aliphatic rings. The smallest absolute Gasteiger partial charge is 0.332 e. The number of carbonyl (C=O) groups excluding carboxylic acids is 2. The molecule has 0 saturated carbocycles. The second-order valence-electron chi connectivity index (χ2n) is 4.18. The van der Waals surface area contributed by atoms with E-state index < -0.39 is 17.9 Å². The Morgan fingerprint density at radius 1 is 1.38 bits per heavy atom. The number of imidazole rings is 1. The molecule has 0 aliphatic carbocycles. The lowest BCUT2D eigenvalue weighted by atomic mass is 10.2. The van der Waals surface area contributed by atoms with Gasteiger partial charge in [0.25, 0.3) is 5.91 Å². The first kappa shape index (κ1) is 15.3. The molecule has 1 amide bonds. The summed E-state index contributed by atoms with van der Waals surface area (Å²) < 4.78 is 5.21. The van der Waals surface area contributed by atoms with Gasteiger partial charge in [-0.25, -0.2) is 9.59 Å². The number of benzene rings is 1. The van der Waals surface area contributed by atoms with Crippen LogP contribution in [0.25, 0.3) is 11.0 Å². The summed E-state index contributed by atoms with van der Waals surface area (Å²) in [5, 5.41) is 2.50. The standard InChI is InChI=1S/C12H13BrN4O4/c1-2-21-11(19)9(14)10(18)15-6-4-8-7(3-5(6)13)16-12(20)17-8/h3-4,9H,2,14H2,1H3,(H,15,18)(H2,16,17,20). The summed E-state index contributed by atoms with van der Waals surface area (Å²) in [7, 11) is 0. The Morgan fingerprint density at radius 3 is 2.62 bits per heavy atom. The first-order chi connectivity index (χ1) is 9.92. The molecule has 21 heavy (non-hydrogen) atoms. The van der Waals surface area contributed by atoms with E-state index in [-0.39, 0.29) is 12.3 Å². The van der Waals surface area contributed by atoms with Crippen LogP contribution in [0.2, 0.25) is 0 Å². The van der Waals surface area contributed by atoms with Crippen LogP contribution in [0.3, 0.4) is 0 Å². The molecule has 2 rings (SSSR count). The van der Waals surface area contributed by atoms with Gasteiger partial charge >= 0.3 is 11.7 Å². The third-order valence-electron chi connectivity index (χ3n) is 2.68. The predicted octanol–water partition coefficient (Wildman–Crippen LogP) is 0.448. The number of carbonyl (C=O) groups is 2. The minimum Gasteiger partial charge on any atom is -0.464 e. The summed E-state index contributed by atoms with van der Waals surface area (Å²) in [6.45, 7) is 1.76. The number of nitrogens with two attached hydrogens (primary N) is 1. The lowest BCUT2D eigenvalue weighted by Crippen LogP contribution is -2.43. The number of hydrogen-bond acceptors (Lipinski definition) is 5. The fraction of sp³-hybridized carbons (Fsp3) is 0.250. The van der Waals surface area contributed by atoms with Gasteiger partial charge in [0.2, 0.25) is 0 Å². The van der Waals surface area contributed by atoms with E-state index in [1.165, 1.54) is 0 Å². The number of rotatable bonds is 4. The Hall–Kier alpha value is -2.13. The van der Waals surface area contributed by atoms with E-state index in [1.807, 2.05) is 0 Å². The fourth-order valence-electron chi connectivity index (χ4n) is 1.70. The Kier molecular flexibility index (Phi) is 4.43. The molecular weight excluding hydrogens is 344 g/mol. The van der Waals surface area contributed by atoms with Gasteiger partial charge in [-0.1, -0.05) is 0 Å². The number of fused-ring (bicyclic) bond motifs is 1.